The first kappa shape index (κ1) is 22.3. The van der Waals surface area contributed by atoms with E-state index in [2.05, 4.69) is 18.2 Å². The first-order chi connectivity index (χ1) is 17.1. The lowest BCUT2D eigenvalue weighted by Gasteiger charge is -2.55. The fourth-order valence-corrected chi connectivity index (χ4v) is 7.34. The van der Waals surface area contributed by atoms with Gasteiger partial charge >= 0.3 is 5.97 Å². The molecule has 0 aromatic heterocycles. The van der Waals surface area contributed by atoms with Gasteiger partial charge in [-0.3, -0.25) is 9.59 Å². The number of carbonyl (C=O) groups excluding carboxylic acids is 2. The Morgan fingerprint density at radius 2 is 1.34 bits per heavy atom. The van der Waals surface area contributed by atoms with Crippen molar-refractivity contribution in [1.29, 1.82) is 0 Å². The van der Waals surface area contributed by atoms with Gasteiger partial charge in [-0.15, -0.1) is 0 Å². The maximum absolute atomic E-state index is 13.3. The number of ether oxygens (including phenoxy) is 1. The normalized spacial score (nSPS) is 26.5. The molecule has 4 saturated carbocycles. The molecule has 4 bridgehead atoms. The van der Waals surface area contributed by atoms with Crippen LogP contribution < -0.4 is 0 Å². The quantitative estimate of drug-likeness (QED) is 0.283. The van der Waals surface area contributed by atoms with Crippen molar-refractivity contribution in [2.24, 2.45) is 23.2 Å². The van der Waals surface area contributed by atoms with Crippen LogP contribution in [0.2, 0.25) is 0 Å². The molecule has 35 heavy (non-hydrogen) atoms. The first-order valence-corrected chi connectivity index (χ1v) is 13.0. The van der Waals surface area contributed by atoms with Gasteiger partial charge in [0.1, 0.15) is 0 Å². The lowest BCUT2D eigenvalue weighted by molar-refractivity contribution is -0.171. The second kappa shape index (κ2) is 9.11. The van der Waals surface area contributed by atoms with E-state index in [1.54, 1.807) is 0 Å². The maximum Gasteiger partial charge on any atom is 0.312 e. The average Bonchev–Trinajstić information content (AvgIpc) is 2.88. The van der Waals surface area contributed by atoms with Crippen LogP contribution in [0.25, 0.3) is 11.1 Å². The molecule has 0 unspecified atom stereocenters. The molecule has 3 aromatic carbocycles. The number of ketones is 1. The van der Waals surface area contributed by atoms with E-state index in [0.29, 0.717) is 41.9 Å². The third-order valence-electron chi connectivity index (χ3n) is 8.57. The van der Waals surface area contributed by atoms with Gasteiger partial charge in [0.05, 0.1) is 12.0 Å². The van der Waals surface area contributed by atoms with E-state index in [9.17, 15) is 9.59 Å². The van der Waals surface area contributed by atoms with Crippen molar-refractivity contribution < 1.29 is 14.3 Å². The molecule has 3 aromatic rings. The van der Waals surface area contributed by atoms with Crippen molar-refractivity contribution in [3.63, 3.8) is 0 Å². The van der Waals surface area contributed by atoms with E-state index in [4.69, 9.17) is 4.74 Å². The van der Waals surface area contributed by atoms with E-state index in [1.165, 1.54) is 19.3 Å². The molecule has 4 aliphatic rings. The molecule has 0 atom stereocenters. The highest BCUT2D eigenvalue weighted by atomic mass is 16.5. The minimum absolute atomic E-state index is 0.00625. The van der Waals surface area contributed by atoms with Gasteiger partial charge in [0.15, 0.2) is 5.78 Å². The van der Waals surface area contributed by atoms with Crippen molar-refractivity contribution in [3.8, 4) is 11.1 Å². The lowest BCUT2D eigenvalue weighted by atomic mass is 9.49. The van der Waals surface area contributed by atoms with Crippen molar-refractivity contribution in [3.05, 3.63) is 95.6 Å². The van der Waals surface area contributed by atoms with E-state index in [-0.39, 0.29) is 17.2 Å². The van der Waals surface area contributed by atoms with Crippen LogP contribution >= 0.6 is 0 Å². The zero-order valence-electron chi connectivity index (χ0n) is 20.1. The second-order valence-corrected chi connectivity index (χ2v) is 11.0. The van der Waals surface area contributed by atoms with Crippen LogP contribution in [-0.2, 0) is 16.0 Å². The van der Waals surface area contributed by atoms with Crippen molar-refractivity contribution >= 4 is 11.8 Å². The Hall–Kier alpha value is -3.20. The van der Waals surface area contributed by atoms with Gasteiger partial charge in [0.2, 0.25) is 0 Å². The highest BCUT2D eigenvalue weighted by Gasteiger charge is 2.55. The highest BCUT2D eigenvalue weighted by Crippen LogP contribution is 2.60. The van der Waals surface area contributed by atoms with Gasteiger partial charge in [0, 0.05) is 17.5 Å². The van der Waals surface area contributed by atoms with Crippen LogP contribution in [0.15, 0.2) is 78.9 Å². The Morgan fingerprint density at radius 1 is 0.743 bits per heavy atom. The SMILES string of the molecule is O=C(c1ccccc1)c1ccc(-c2ccccc2)cc1CCOC(=O)C12CC3CC(CC(C3)C1)C2. The number of hydrogen-bond donors (Lipinski definition) is 0. The third-order valence-corrected chi connectivity index (χ3v) is 8.57. The summed E-state index contributed by atoms with van der Waals surface area (Å²) in [5.74, 6) is 2.16. The molecule has 0 N–H and O–H groups in total. The Balaban J connectivity index is 1.22. The zero-order valence-corrected chi connectivity index (χ0v) is 20.1. The molecule has 0 radical (unpaired) electrons. The Bertz CT molecular complexity index is 1190. The Morgan fingerprint density at radius 3 is 1.97 bits per heavy atom. The number of carbonyl (C=O) groups is 2. The van der Waals surface area contributed by atoms with Gasteiger partial charge < -0.3 is 4.74 Å². The van der Waals surface area contributed by atoms with Crippen molar-refractivity contribution in [2.75, 3.05) is 6.61 Å². The fourth-order valence-electron chi connectivity index (χ4n) is 7.34. The average molecular weight is 465 g/mol. The summed E-state index contributed by atoms with van der Waals surface area (Å²) >= 11 is 0. The molecule has 0 heterocycles. The van der Waals surface area contributed by atoms with Crippen LogP contribution in [0.3, 0.4) is 0 Å². The third kappa shape index (κ3) is 4.33. The summed E-state index contributed by atoms with van der Waals surface area (Å²) in [6.45, 7) is 0.313. The molecule has 0 spiro atoms. The minimum atomic E-state index is -0.247. The molecule has 3 heteroatoms. The number of hydrogen-bond acceptors (Lipinski definition) is 3. The summed E-state index contributed by atoms with van der Waals surface area (Å²) in [5.41, 5.74) is 4.21. The molecule has 178 valence electrons. The molecule has 0 amide bonds. The summed E-state index contributed by atoms with van der Waals surface area (Å²) in [6.07, 6.45) is 7.50. The molecular formula is C32H32O3. The van der Waals surface area contributed by atoms with Crippen molar-refractivity contribution in [1.82, 2.24) is 0 Å². The van der Waals surface area contributed by atoms with E-state index < -0.39 is 0 Å². The first-order valence-electron chi connectivity index (χ1n) is 13.0. The Kier molecular flexibility index (Phi) is 5.80. The Labute approximate surface area is 207 Å². The van der Waals surface area contributed by atoms with Crippen LogP contribution in [0.4, 0.5) is 0 Å². The maximum atomic E-state index is 13.3. The van der Waals surface area contributed by atoms with Gasteiger partial charge in [-0.05, 0) is 73.0 Å². The van der Waals surface area contributed by atoms with Crippen molar-refractivity contribution in [2.45, 2.75) is 44.9 Å². The largest absolute Gasteiger partial charge is 0.465 e. The predicted octanol–water partition coefficient (Wildman–Crippen LogP) is 6.89. The zero-order chi connectivity index (χ0) is 23.8. The van der Waals surface area contributed by atoms with E-state index >= 15 is 0 Å². The van der Waals surface area contributed by atoms with Crippen LogP contribution in [-0.4, -0.2) is 18.4 Å². The smallest absolute Gasteiger partial charge is 0.312 e. The van der Waals surface area contributed by atoms with Gasteiger partial charge in [-0.2, -0.15) is 0 Å². The standard InChI is InChI=1S/C32H32O3/c33-30(26-9-5-2-6-10-26)29-12-11-27(25-7-3-1-4-8-25)18-28(29)13-14-35-31(34)32-19-22-15-23(20-32)17-24(16-22)21-32/h1-12,18,22-24H,13-17,19-21H2. The molecule has 3 nitrogen and oxygen atoms in total. The second-order valence-electron chi connectivity index (χ2n) is 11.0. The topological polar surface area (TPSA) is 43.4 Å². The summed E-state index contributed by atoms with van der Waals surface area (Å²) < 4.78 is 5.97. The summed E-state index contributed by atoms with van der Waals surface area (Å²) in [7, 11) is 0. The lowest BCUT2D eigenvalue weighted by Crippen LogP contribution is -2.50. The molecule has 0 saturated heterocycles. The molecule has 4 aliphatic carbocycles. The van der Waals surface area contributed by atoms with Gasteiger partial charge in [0.25, 0.3) is 0 Å². The molecule has 0 aliphatic heterocycles. The van der Waals surface area contributed by atoms with Crippen LogP contribution in [0.1, 0.15) is 60.0 Å². The summed E-state index contributed by atoms with van der Waals surface area (Å²) in [6, 6.07) is 25.6. The molecule has 4 fully saturated rings. The van der Waals surface area contributed by atoms with E-state index in [0.717, 1.165) is 36.0 Å². The number of esters is 1. The highest BCUT2D eigenvalue weighted by molar-refractivity contribution is 6.10. The van der Waals surface area contributed by atoms with Crippen LogP contribution in [0, 0.1) is 23.2 Å². The monoisotopic (exact) mass is 464 g/mol. The predicted molar refractivity (Wildman–Crippen MR) is 137 cm³/mol. The molecular weight excluding hydrogens is 432 g/mol. The minimum Gasteiger partial charge on any atom is -0.465 e. The van der Waals surface area contributed by atoms with E-state index in [1.807, 2.05) is 60.7 Å². The molecule has 7 rings (SSSR count). The summed E-state index contributed by atoms with van der Waals surface area (Å²) in [5, 5.41) is 0. The number of rotatable bonds is 7. The number of benzene rings is 3. The summed E-state index contributed by atoms with van der Waals surface area (Å²) in [4.78, 5) is 26.7. The van der Waals surface area contributed by atoms with Gasteiger partial charge in [-0.1, -0.05) is 78.9 Å². The van der Waals surface area contributed by atoms with Crippen LogP contribution in [0.5, 0.6) is 0 Å². The van der Waals surface area contributed by atoms with Gasteiger partial charge in [-0.25, -0.2) is 0 Å². The fraction of sp³-hybridized carbons (Fsp3) is 0.375.